The number of anilines is 5. The molecule has 6 aromatic rings. The molecule has 0 atom stereocenters. The van der Waals surface area contributed by atoms with Crippen LogP contribution in [0.5, 0.6) is 0 Å². The van der Waals surface area contributed by atoms with Crippen LogP contribution in [0, 0.1) is 17.4 Å². The minimum absolute atomic E-state index is 0.0921. The van der Waals surface area contributed by atoms with Gasteiger partial charge in [-0.3, -0.25) is 19.3 Å². The zero-order chi connectivity index (χ0) is 46.7. The number of rotatable bonds is 11. The highest BCUT2D eigenvalue weighted by atomic mass is 127. The average Bonchev–Trinajstić information content (AvgIpc) is 4.22. The molecule has 15 nitrogen and oxygen atoms in total. The van der Waals surface area contributed by atoms with Crippen molar-refractivity contribution in [2.75, 3.05) is 71.1 Å². The van der Waals surface area contributed by atoms with Crippen molar-refractivity contribution in [1.29, 1.82) is 0 Å². The molecule has 8 heterocycles. The number of halogens is 1. The molecule has 0 spiro atoms. The Bertz CT molecular complexity index is 2620. The summed E-state index contributed by atoms with van der Waals surface area (Å²) in [4.78, 5) is 63.9. The highest BCUT2D eigenvalue weighted by Crippen LogP contribution is 2.27. The number of aryl methyl sites for hydroxylation is 2. The lowest BCUT2D eigenvalue weighted by Gasteiger charge is -2.25. The van der Waals surface area contributed by atoms with Crippen LogP contribution in [-0.2, 0) is 17.9 Å². The fourth-order valence-electron chi connectivity index (χ4n) is 8.43. The van der Waals surface area contributed by atoms with Crippen molar-refractivity contribution < 1.29 is 19.2 Å². The van der Waals surface area contributed by atoms with Gasteiger partial charge in [-0.2, -0.15) is 0 Å². The number of thiazole rings is 2. The maximum atomic E-state index is 13.1. The van der Waals surface area contributed by atoms with Crippen molar-refractivity contribution in [2.24, 2.45) is 0 Å². The Morgan fingerprint density at radius 3 is 1.55 bits per heavy atom. The Balaban J connectivity index is 0.000000163. The highest BCUT2D eigenvalue weighted by molar-refractivity contribution is 14.1. The molecule has 4 aliphatic rings. The molecule has 67 heavy (non-hydrogen) atoms. The zero-order valence-electron chi connectivity index (χ0n) is 38.1. The lowest BCUT2D eigenvalue weighted by Crippen LogP contribution is -2.29. The van der Waals surface area contributed by atoms with Crippen LogP contribution in [0.1, 0.15) is 94.9 Å². The number of nitrogens with zero attached hydrogens (tertiary/aromatic N) is 7. The summed E-state index contributed by atoms with van der Waals surface area (Å²) in [5.74, 6) is -0.0583. The number of amides is 5. The Labute approximate surface area is 413 Å². The van der Waals surface area contributed by atoms with E-state index in [1.807, 2.05) is 96.0 Å². The van der Waals surface area contributed by atoms with E-state index in [0.29, 0.717) is 43.3 Å². The highest BCUT2D eigenvalue weighted by Gasteiger charge is 2.22. The average molecular weight is 1060 g/mol. The number of urea groups is 1. The van der Waals surface area contributed by atoms with E-state index >= 15 is 0 Å². The largest absolute Gasteiger partial charge is 0.356 e. The quantitative estimate of drug-likeness (QED) is 0.0935. The summed E-state index contributed by atoms with van der Waals surface area (Å²) in [6, 6.07) is 18.9. The second-order valence-corrected chi connectivity index (χ2v) is 20.1. The molecule has 0 aliphatic carbocycles. The van der Waals surface area contributed by atoms with Crippen molar-refractivity contribution in [1.82, 2.24) is 29.7 Å². The number of nitrogens with one attached hydrogen (secondary N) is 4. The SMILES string of the molecule is Cc1cc(C(=O)Nc2ccc(I)cc2)n(Cc2csc(N3CCCCC3)n2)c1.Cc1cc(C(=O)Nc2ccc(N3CCNC3=O)cc2)n(Cc2csc(N3CCCCC3)n2)c1.O=C1CCCN1. The van der Waals surface area contributed by atoms with E-state index in [0.717, 1.165) is 93.3 Å². The van der Waals surface area contributed by atoms with E-state index in [1.165, 1.54) is 38.5 Å². The standard InChI is InChI=1S/C24H28N6O2S.C21H23IN4OS.C4H7NO/c1-17-13-21(22(31)26-18-5-7-20(8-6-18)30-12-9-25-23(30)32)29(14-17)15-19-16-33-24(27-19)28-10-3-2-4-11-28;1-15-11-19(20(27)23-17-7-5-16(22)6-8-17)26(12-15)13-18-14-28-21(24-18)25-9-3-2-4-10-25;6-4-2-1-3-5-4/h5-8,13-14,16H,2-4,9-12,15H2,1H3,(H,25,32)(H,26,31);5-8,11-12,14H,2-4,9-10,13H2,1H3,(H,23,27);1-3H2,(H,5,6). The lowest BCUT2D eigenvalue weighted by atomic mass is 10.1. The van der Waals surface area contributed by atoms with Gasteiger partial charge in [-0.25, -0.2) is 14.8 Å². The van der Waals surface area contributed by atoms with E-state index in [4.69, 9.17) is 9.97 Å². The predicted octanol–water partition coefficient (Wildman–Crippen LogP) is 9.12. The maximum absolute atomic E-state index is 13.1. The summed E-state index contributed by atoms with van der Waals surface area (Å²) in [6.07, 6.45) is 13.3. The molecule has 4 aromatic heterocycles. The minimum Gasteiger partial charge on any atom is -0.356 e. The molecule has 4 aliphatic heterocycles. The van der Waals surface area contributed by atoms with Crippen LogP contribution in [0.15, 0.2) is 83.8 Å². The van der Waals surface area contributed by atoms with E-state index < -0.39 is 0 Å². The molecule has 0 bridgehead atoms. The first-order valence-electron chi connectivity index (χ1n) is 23.1. The van der Waals surface area contributed by atoms with E-state index in [-0.39, 0.29) is 23.8 Å². The van der Waals surface area contributed by atoms with Crippen LogP contribution < -0.4 is 36.0 Å². The van der Waals surface area contributed by atoms with Crippen LogP contribution in [0.25, 0.3) is 0 Å². The number of hydrogen-bond donors (Lipinski definition) is 4. The molecular formula is C49H58IN11O4S2. The first-order valence-corrected chi connectivity index (χ1v) is 25.9. The fourth-order valence-corrected chi connectivity index (χ4v) is 10.5. The molecule has 5 amide bonds. The molecule has 352 valence electrons. The number of carbonyl (C=O) groups excluding carboxylic acids is 4. The third-order valence-electron chi connectivity index (χ3n) is 11.8. The van der Waals surface area contributed by atoms with Gasteiger partial charge in [-0.1, -0.05) is 0 Å². The minimum atomic E-state index is -0.166. The van der Waals surface area contributed by atoms with E-state index in [9.17, 15) is 19.2 Å². The van der Waals surface area contributed by atoms with Gasteiger partial charge in [0, 0.05) is 96.0 Å². The van der Waals surface area contributed by atoms with Crippen LogP contribution >= 0.6 is 45.3 Å². The second kappa shape index (κ2) is 22.8. The van der Waals surface area contributed by atoms with Crippen molar-refractivity contribution in [3.8, 4) is 0 Å². The number of hydrogen-bond acceptors (Lipinski definition) is 10. The Morgan fingerprint density at radius 2 is 1.13 bits per heavy atom. The summed E-state index contributed by atoms with van der Waals surface area (Å²) in [7, 11) is 0. The van der Waals surface area contributed by atoms with E-state index in [1.54, 1.807) is 27.6 Å². The topological polar surface area (TPSA) is 162 Å². The summed E-state index contributed by atoms with van der Waals surface area (Å²) < 4.78 is 5.09. The second-order valence-electron chi connectivity index (χ2n) is 17.2. The van der Waals surface area contributed by atoms with Crippen LogP contribution in [-0.4, -0.2) is 88.7 Å². The normalized spacial score (nSPS) is 15.8. The van der Waals surface area contributed by atoms with Gasteiger partial charge in [0.15, 0.2) is 10.3 Å². The van der Waals surface area contributed by atoms with Gasteiger partial charge in [0.2, 0.25) is 5.91 Å². The molecule has 2 aromatic carbocycles. The summed E-state index contributed by atoms with van der Waals surface area (Å²) >= 11 is 5.63. The predicted molar refractivity (Wildman–Crippen MR) is 277 cm³/mol. The van der Waals surface area contributed by atoms with Crippen molar-refractivity contribution in [3.05, 3.63) is 121 Å². The summed E-state index contributed by atoms with van der Waals surface area (Å²) in [5, 5.41) is 17.8. The molecule has 10 rings (SSSR count). The van der Waals surface area contributed by atoms with Gasteiger partial charge in [-0.05, 0) is 153 Å². The zero-order valence-corrected chi connectivity index (χ0v) is 41.9. The van der Waals surface area contributed by atoms with Crippen LogP contribution in [0.3, 0.4) is 0 Å². The van der Waals surface area contributed by atoms with Crippen molar-refractivity contribution in [3.63, 3.8) is 0 Å². The molecule has 4 fully saturated rings. The van der Waals surface area contributed by atoms with Crippen molar-refractivity contribution >= 4 is 96.3 Å². The van der Waals surface area contributed by atoms with Gasteiger partial charge in [0.1, 0.15) is 11.4 Å². The number of piperidine rings is 2. The number of benzene rings is 2. The van der Waals surface area contributed by atoms with E-state index in [2.05, 4.69) is 64.4 Å². The monoisotopic (exact) mass is 1060 g/mol. The smallest absolute Gasteiger partial charge is 0.321 e. The van der Waals surface area contributed by atoms with Crippen molar-refractivity contribution in [2.45, 2.75) is 78.3 Å². The summed E-state index contributed by atoms with van der Waals surface area (Å²) in [5.41, 5.74) is 7.64. The third-order valence-corrected chi connectivity index (χ3v) is 14.4. The van der Waals surface area contributed by atoms with Gasteiger partial charge >= 0.3 is 6.03 Å². The Hall–Kier alpha value is -5.73. The van der Waals surface area contributed by atoms with Gasteiger partial charge in [0.05, 0.1) is 24.5 Å². The number of aromatic nitrogens is 4. The van der Waals surface area contributed by atoms with Crippen LogP contribution in [0.4, 0.5) is 32.1 Å². The summed E-state index contributed by atoms with van der Waals surface area (Å²) in [6.45, 7) is 11.7. The first-order chi connectivity index (χ1) is 32.5. The first kappa shape index (κ1) is 47.8. The third kappa shape index (κ3) is 13.0. The molecule has 0 saturated carbocycles. The van der Waals surface area contributed by atoms with Gasteiger partial charge in [-0.15, -0.1) is 22.7 Å². The Morgan fingerprint density at radius 1 is 0.642 bits per heavy atom. The number of carbonyl (C=O) groups is 4. The molecule has 18 heteroatoms. The molecule has 0 radical (unpaired) electrons. The Kier molecular flexibility index (Phi) is 16.3. The maximum Gasteiger partial charge on any atom is 0.321 e. The fraction of sp³-hybridized carbons (Fsp3) is 0.388. The van der Waals surface area contributed by atoms with Crippen LogP contribution in [0.2, 0.25) is 0 Å². The van der Waals surface area contributed by atoms with Gasteiger partial charge in [0.25, 0.3) is 11.8 Å². The molecule has 4 N–H and O–H groups in total. The lowest BCUT2D eigenvalue weighted by molar-refractivity contribution is -0.119. The molecule has 0 unspecified atom stereocenters. The molecular weight excluding hydrogens is 998 g/mol. The molecule has 4 saturated heterocycles. The van der Waals surface area contributed by atoms with Gasteiger partial charge < -0.3 is 40.2 Å².